The van der Waals surface area contributed by atoms with Gasteiger partial charge in [0.05, 0.1) is 35.2 Å². The first-order chi connectivity index (χ1) is 33.9. The summed E-state index contributed by atoms with van der Waals surface area (Å²) in [5.74, 6) is 1.01. The lowest BCUT2D eigenvalue weighted by atomic mass is 9.91. The van der Waals surface area contributed by atoms with Gasteiger partial charge in [0.1, 0.15) is 12.2 Å². The average Bonchev–Trinajstić information content (AvgIpc) is 3.96. The van der Waals surface area contributed by atoms with Gasteiger partial charge in [-0.1, -0.05) is 36.9 Å². The molecule has 4 aliphatic rings. The van der Waals surface area contributed by atoms with Crippen molar-refractivity contribution in [1.29, 1.82) is 0 Å². The van der Waals surface area contributed by atoms with Gasteiger partial charge < -0.3 is 29.7 Å². The number of anilines is 2. The highest BCUT2D eigenvalue weighted by atomic mass is 32.2. The molecule has 8 rings (SSSR count). The molecule has 4 N–H and O–H groups in total. The fraction of sp³-hybridized carbons (Fsp3) is 0.434. The summed E-state index contributed by atoms with van der Waals surface area (Å²) in [7, 11) is -5.82. The van der Waals surface area contributed by atoms with Crippen molar-refractivity contribution in [3.05, 3.63) is 118 Å². The van der Waals surface area contributed by atoms with Gasteiger partial charge in [-0.05, 0) is 161 Å². The number of carbonyl (C=O) groups is 2. The molecule has 2 aromatic carbocycles. The van der Waals surface area contributed by atoms with Gasteiger partial charge in [-0.3, -0.25) is 0 Å². The molecule has 1 saturated carbocycles. The van der Waals surface area contributed by atoms with Crippen LogP contribution < -0.4 is 29.6 Å². The minimum atomic E-state index is -4.15. The summed E-state index contributed by atoms with van der Waals surface area (Å²) in [6.07, 6.45) is 19.3. The van der Waals surface area contributed by atoms with E-state index >= 15 is 0 Å². The van der Waals surface area contributed by atoms with Crippen molar-refractivity contribution in [2.24, 2.45) is 0 Å². The van der Waals surface area contributed by atoms with E-state index in [1.54, 1.807) is 24.5 Å². The Morgan fingerprint density at radius 1 is 0.746 bits per heavy atom. The summed E-state index contributed by atoms with van der Waals surface area (Å²) >= 11 is 0. The maximum atomic E-state index is 13.7. The highest BCUT2D eigenvalue weighted by Gasteiger charge is 2.32. The number of fused-ring (bicyclic) bond motifs is 2. The van der Waals surface area contributed by atoms with Crippen LogP contribution in [-0.4, -0.2) is 95.1 Å². The topological polar surface area (TPSA) is 207 Å². The second kappa shape index (κ2) is 22.1. The van der Waals surface area contributed by atoms with Gasteiger partial charge in [-0.15, -0.1) is 0 Å². The monoisotopic (exact) mass is 1010 g/mol. The first-order valence-electron chi connectivity index (χ1n) is 24.4. The number of rotatable bonds is 16. The second-order valence-electron chi connectivity index (χ2n) is 19.2. The highest BCUT2D eigenvalue weighted by molar-refractivity contribution is 7.93. The number of amides is 4. The lowest BCUT2D eigenvalue weighted by molar-refractivity contribution is -0.00417. The fourth-order valence-electron chi connectivity index (χ4n) is 10.4. The van der Waals surface area contributed by atoms with Crippen molar-refractivity contribution < 1.29 is 40.6 Å². The second-order valence-corrected chi connectivity index (χ2v) is 22.8. The Balaban J connectivity index is 0.953. The zero-order valence-electron chi connectivity index (χ0n) is 41.2. The quantitative estimate of drug-likeness (QED) is 0.0776. The van der Waals surface area contributed by atoms with E-state index in [2.05, 4.69) is 56.0 Å². The third-order valence-corrected chi connectivity index (χ3v) is 15.9. The smallest absolute Gasteiger partial charge is 0.333 e. The molecular formula is C53H65N7O9S2. The van der Waals surface area contributed by atoms with Crippen LogP contribution in [0.5, 0.6) is 11.8 Å². The third kappa shape index (κ3) is 12.7. The molecular weight excluding hydrogens is 943 g/mol. The lowest BCUT2D eigenvalue weighted by Gasteiger charge is -2.30. The zero-order chi connectivity index (χ0) is 50.5. The summed E-state index contributed by atoms with van der Waals surface area (Å²) in [6, 6.07) is 10.2. The SMILES string of the molecule is C=C/C=C\C=C(/C)S(=O)(=O)NC(=O)Nc1c2c(cc(C)c1-c1ccnc(OC3CCN(C)CC3)c1)C(CO[C@H]1CC[C@@H](Oc3cc(-c4c(C)cc5c(c4NC(=O)NS(C)(=O)=O)CCC5)ccn3)CC1)CC2. The molecule has 71 heavy (non-hydrogen) atoms. The Labute approximate surface area is 417 Å². The summed E-state index contributed by atoms with van der Waals surface area (Å²) < 4.78 is 74.0. The number of hydrogen-bond acceptors (Lipinski definition) is 12. The number of hydrogen-bond donors (Lipinski definition) is 4. The molecule has 1 aliphatic heterocycles. The molecule has 2 fully saturated rings. The Morgan fingerprint density at radius 3 is 1.94 bits per heavy atom. The van der Waals surface area contributed by atoms with Crippen molar-refractivity contribution in [3.63, 3.8) is 0 Å². The molecule has 4 aromatic rings. The maximum Gasteiger partial charge on any atom is 0.333 e. The number of aromatic nitrogens is 2. The summed E-state index contributed by atoms with van der Waals surface area (Å²) in [6.45, 7) is 11.4. The van der Waals surface area contributed by atoms with Gasteiger partial charge in [0.25, 0.3) is 10.0 Å². The average molecular weight is 1010 g/mol. The molecule has 3 heterocycles. The van der Waals surface area contributed by atoms with E-state index in [4.69, 9.17) is 14.2 Å². The molecule has 0 spiro atoms. The van der Waals surface area contributed by atoms with Crippen molar-refractivity contribution in [2.75, 3.05) is 43.6 Å². The molecule has 1 atom stereocenters. The number of benzene rings is 2. The van der Waals surface area contributed by atoms with Crippen LogP contribution in [0.1, 0.15) is 97.6 Å². The number of ether oxygens (including phenoxy) is 3. The molecule has 1 saturated heterocycles. The van der Waals surface area contributed by atoms with Crippen LogP contribution >= 0.6 is 0 Å². The van der Waals surface area contributed by atoms with Crippen LogP contribution in [0.2, 0.25) is 0 Å². The number of piperidine rings is 1. The van der Waals surface area contributed by atoms with E-state index < -0.39 is 32.1 Å². The Kier molecular flexibility index (Phi) is 16.0. The molecule has 378 valence electrons. The van der Waals surface area contributed by atoms with E-state index in [0.717, 1.165) is 139 Å². The summed E-state index contributed by atoms with van der Waals surface area (Å²) in [5, 5.41) is 5.82. The molecule has 1 unspecified atom stereocenters. The number of likely N-dealkylation sites (tertiary alicyclic amines) is 1. The van der Waals surface area contributed by atoms with E-state index in [1.165, 1.54) is 19.1 Å². The molecule has 16 nitrogen and oxygen atoms in total. The maximum absolute atomic E-state index is 13.7. The van der Waals surface area contributed by atoms with Gasteiger partial charge in [-0.25, -0.2) is 45.8 Å². The third-order valence-electron chi connectivity index (χ3n) is 13.9. The highest BCUT2D eigenvalue weighted by Crippen LogP contribution is 2.46. The number of allylic oxidation sites excluding steroid dienone is 5. The molecule has 0 radical (unpaired) electrons. The fourth-order valence-corrected chi connectivity index (χ4v) is 11.5. The van der Waals surface area contributed by atoms with Crippen molar-refractivity contribution in [3.8, 4) is 34.0 Å². The van der Waals surface area contributed by atoms with Crippen molar-refractivity contribution in [2.45, 2.75) is 116 Å². The molecule has 0 bridgehead atoms. The number of carbonyl (C=O) groups excluding carboxylic acids is 2. The molecule has 2 aromatic heterocycles. The minimum Gasteiger partial charge on any atom is -0.474 e. The van der Waals surface area contributed by atoms with E-state index in [0.29, 0.717) is 36.2 Å². The number of nitrogens with zero attached hydrogens (tertiary/aromatic N) is 3. The summed E-state index contributed by atoms with van der Waals surface area (Å²) in [4.78, 5) is 37.9. The zero-order valence-corrected chi connectivity index (χ0v) is 42.8. The molecule has 3 aliphatic carbocycles. The Morgan fingerprint density at radius 2 is 1.32 bits per heavy atom. The van der Waals surface area contributed by atoms with E-state index in [9.17, 15) is 26.4 Å². The Bertz CT molecular complexity index is 2960. The van der Waals surface area contributed by atoms with Gasteiger partial charge in [0.2, 0.25) is 21.8 Å². The van der Waals surface area contributed by atoms with E-state index in [-0.39, 0.29) is 29.1 Å². The minimum absolute atomic E-state index is 0.0188. The lowest BCUT2D eigenvalue weighted by Crippen LogP contribution is -2.35. The van der Waals surface area contributed by atoms with Crippen molar-refractivity contribution >= 4 is 43.5 Å². The first-order valence-corrected chi connectivity index (χ1v) is 27.8. The van der Waals surface area contributed by atoms with Gasteiger partial charge >= 0.3 is 12.1 Å². The van der Waals surface area contributed by atoms with Crippen LogP contribution in [0.4, 0.5) is 21.0 Å². The first kappa shape index (κ1) is 51.3. The predicted octanol–water partition coefficient (Wildman–Crippen LogP) is 9.00. The largest absolute Gasteiger partial charge is 0.474 e. The van der Waals surface area contributed by atoms with Crippen molar-refractivity contribution in [1.82, 2.24) is 24.3 Å². The normalized spacial score (nSPS) is 19.7. The number of urea groups is 2. The van der Waals surface area contributed by atoms with Gasteiger partial charge in [-0.2, -0.15) is 0 Å². The number of aryl methyl sites for hydroxylation is 3. The summed E-state index contributed by atoms with van der Waals surface area (Å²) in [5.41, 5.74) is 10.3. The van der Waals surface area contributed by atoms with Gasteiger partial charge in [0, 0.05) is 54.7 Å². The number of nitrogens with one attached hydrogen (secondary N) is 4. The van der Waals surface area contributed by atoms with E-state index in [1.807, 2.05) is 42.8 Å². The number of pyridine rings is 2. The van der Waals surface area contributed by atoms with Crippen LogP contribution in [0.3, 0.4) is 0 Å². The van der Waals surface area contributed by atoms with Crippen LogP contribution in [0.25, 0.3) is 22.3 Å². The number of sulfonamides is 2. The molecule has 18 heteroatoms. The van der Waals surface area contributed by atoms with Gasteiger partial charge in [0.15, 0.2) is 0 Å². The van der Waals surface area contributed by atoms with Crippen LogP contribution in [-0.2, 0) is 44.0 Å². The van der Waals surface area contributed by atoms with Crippen LogP contribution in [0, 0.1) is 13.8 Å². The predicted molar refractivity (Wildman–Crippen MR) is 277 cm³/mol. The van der Waals surface area contributed by atoms with Crippen LogP contribution in [0.15, 0.2) is 84.6 Å². The standard InChI is InChI=1S/C53H65N7O9S2/c1-7-8-9-11-35(4)71(65,66)59-53(62)57-51-44-19-14-39(45(44)29-34(3)49(51)38-21-25-55-47(31-38)69-42-22-26-60(5)27-23-42)32-67-40-15-17-41(18-16-40)68-46-30-37(20-24-54-46)48-33(2)28-36-12-10-13-43(36)50(48)56-52(61)58-70(6,63)64/h7-9,11,20-21,24-25,28-31,39-42H,1,10,12-19,22-23,26-27,32H2,2-6H3,(H2,56,58,61)(H2,57,59,62)/b9-8-,35-11+/t39?,40-,41+. The Hall–Kier alpha value is -6.08. The molecule has 4 amide bonds.